The van der Waals surface area contributed by atoms with E-state index >= 15 is 0 Å². The highest BCUT2D eigenvalue weighted by atomic mass is 35.5. The molecule has 0 saturated carbocycles. The Morgan fingerprint density at radius 2 is 1.96 bits per heavy atom. The molecule has 1 heterocycles. The first-order chi connectivity index (χ1) is 10.6. The van der Waals surface area contributed by atoms with E-state index < -0.39 is 0 Å². The maximum Gasteiger partial charge on any atom is 0.0737 e. The van der Waals surface area contributed by atoms with E-state index in [2.05, 4.69) is 36.0 Å². The third-order valence-corrected chi connectivity index (χ3v) is 4.35. The summed E-state index contributed by atoms with van der Waals surface area (Å²) < 4.78 is 0. The molecule has 23 heavy (non-hydrogen) atoms. The van der Waals surface area contributed by atoms with Crippen LogP contribution in [0.4, 0.5) is 5.69 Å². The van der Waals surface area contributed by atoms with Crippen molar-refractivity contribution in [3.8, 4) is 0 Å². The molecule has 1 unspecified atom stereocenters. The van der Waals surface area contributed by atoms with Gasteiger partial charge in [-0.05, 0) is 63.7 Å². The topological polar surface area (TPSA) is 28.2 Å². The zero-order chi connectivity index (χ0) is 15.9. The van der Waals surface area contributed by atoms with Gasteiger partial charge in [0.1, 0.15) is 0 Å². The zero-order valence-corrected chi connectivity index (χ0v) is 14.5. The second-order valence-corrected chi connectivity index (χ2v) is 6.17. The fourth-order valence-corrected chi connectivity index (χ4v) is 2.91. The van der Waals surface area contributed by atoms with Crippen molar-refractivity contribution in [1.82, 2.24) is 9.88 Å². The summed E-state index contributed by atoms with van der Waals surface area (Å²) in [6.45, 7) is 10.1. The fourth-order valence-electron chi connectivity index (χ4n) is 2.75. The van der Waals surface area contributed by atoms with Crippen molar-refractivity contribution in [3.05, 3.63) is 35.5 Å². The number of aromatic nitrogens is 1. The lowest BCUT2D eigenvalue weighted by molar-refractivity contribution is 0.295. The molecule has 1 aromatic carbocycles. The third-order valence-electron chi connectivity index (χ3n) is 4.11. The Kier molecular flexibility index (Phi) is 8.35. The molecular weight excluding hydrogens is 306 g/mol. The number of hydrogen-bond acceptors (Lipinski definition) is 3. The van der Waals surface area contributed by atoms with Gasteiger partial charge in [-0.25, -0.2) is 0 Å². The minimum atomic E-state index is 0. The number of benzene rings is 1. The largest absolute Gasteiger partial charge is 0.382 e. The monoisotopic (exact) mass is 335 g/mol. The number of fused-ring (bicyclic) bond motifs is 1. The van der Waals surface area contributed by atoms with E-state index in [1.54, 1.807) is 0 Å². The van der Waals surface area contributed by atoms with Gasteiger partial charge in [-0.3, -0.25) is 4.98 Å². The highest BCUT2D eigenvalue weighted by Crippen LogP contribution is 2.25. The van der Waals surface area contributed by atoms with Crippen molar-refractivity contribution in [2.75, 3.05) is 25.0 Å². The van der Waals surface area contributed by atoms with Crippen molar-refractivity contribution < 1.29 is 0 Å². The van der Waals surface area contributed by atoms with Gasteiger partial charge < -0.3 is 10.2 Å². The van der Waals surface area contributed by atoms with Crippen LogP contribution < -0.4 is 5.32 Å². The highest BCUT2D eigenvalue weighted by molar-refractivity contribution is 6.31. The van der Waals surface area contributed by atoms with Crippen molar-refractivity contribution in [2.45, 2.75) is 47.1 Å². The van der Waals surface area contributed by atoms with Gasteiger partial charge in [0.05, 0.1) is 5.52 Å². The van der Waals surface area contributed by atoms with Crippen molar-refractivity contribution in [2.24, 2.45) is 0 Å². The third kappa shape index (κ3) is 5.67. The van der Waals surface area contributed by atoms with E-state index in [1.807, 2.05) is 30.5 Å². The highest BCUT2D eigenvalue weighted by Gasteiger charge is 2.07. The van der Waals surface area contributed by atoms with Gasteiger partial charge in [0.25, 0.3) is 0 Å². The number of nitrogens with zero attached hydrogens (tertiary/aromatic N) is 2. The first-order valence-electron chi connectivity index (χ1n) is 8.17. The van der Waals surface area contributed by atoms with Crippen LogP contribution >= 0.6 is 11.6 Å². The van der Waals surface area contributed by atoms with E-state index in [4.69, 9.17) is 11.6 Å². The van der Waals surface area contributed by atoms with Crippen LogP contribution in [0, 0.1) is 0 Å². The lowest BCUT2D eigenvalue weighted by Gasteiger charge is -2.20. The van der Waals surface area contributed by atoms with Gasteiger partial charge in [0.2, 0.25) is 0 Å². The van der Waals surface area contributed by atoms with Crippen molar-refractivity contribution in [1.29, 1.82) is 0 Å². The predicted octanol–water partition coefficient (Wildman–Crippen LogP) is 5.45. The van der Waals surface area contributed by atoms with Gasteiger partial charge >= 0.3 is 0 Å². The smallest absolute Gasteiger partial charge is 0.0737 e. The SMILES string of the molecule is C.CCN(CC)CCCC(C)Nc1ccnc2cc(Cl)ccc12. The molecule has 0 saturated heterocycles. The number of halogens is 1. The quantitative estimate of drug-likeness (QED) is 0.695. The van der Waals surface area contributed by atoms with Crippen LogP contribution in [0.15, 0.2) is 30.5 Å². The number of rotatable bonds is 8. The molecule has 0 bridgehead atoms. The zero-order valence-electron chi connectivity index (χ0n) is 13.8. The molecule has 1 aromatic heterocycles. The Hall–Kier alpha value is -1.32. The summed E-state index contributed by atoms with van der Waals surface area (Å²) in [5.41, 5.74) is 2.07. The molecule has 0 aliphatic heterocycles. The van der Waals surface area contributed by atoms with E-state index in [0.717, 1.165) is 41.1 Å². The van der Waals surface area contributed by atoms with Gasteiger partial charge in [0.15, 0.2) is 0 Å². The molecule has 0 amide bonds. The molecule has 2 aromatic rings. The summed E-state index contributed by atoms with van der Waals surface area (Å²) in [5, 5.41) is 5.47. The summed E-state index contributed by atoms with van der Waals surface area (Å²) in [6.07, 6.45) is 4.21. The number of pyridine rings is 1. The fraction of sp³-hybridized carbons (Fsp3) is 0.526. The molecule has 0 aliphatic carbocycles. The van der Waals surface area contributed by atoms with Crippen molar-refractivity contribution >= 4 is 28.2 Å². The van der Waals surface area contributed by atoms with Crippen LogP contribution in [-0.4, -0.2) is 35.6 Å². The molecule has 4 heteroatoms. The molecular formula is C19H30ClN3. The predicted molar refractivity (Wildman–Crippen MR) is 104 cm³/mol. The number of nitrogens with one attached hydrogen (secondary N) is 1. The summed E-state index contributed by atoms with van der Waals surface area (Å²) in [6, 6.07) is 8.35. The van der Waals surface area contributed by atoms with E-state index in [-0.39, 0.29) is 7.43 Å². The van der Waals surface area contributed by atoms with Crippen LogP contribution in [0.25, 0.3) is 10.9 Å². The van der Waals surface area contributed by atoms with Gasteiger partial charge in [-0.15, -0.1) is 0 Å². The maximum absolute atomic E-state index is 6.04. The molecule has 0 spiro atoms. The van der Waals surface area contributed by atoms with E-state index in [9.17, 15) is 0 Å². The van der Waals surface area contributed by atoms with Gasteiger partial charge in [-0.2, -0.15) is 0 Å². The average molecular weight is 336 g/mol. The molecule has 1 N–H and O–H groups in total. The molecule has 2 rings (SSSR count). The Balaban J connectivity index is 0.00000264. The Labute approximate surface area is 146 Å². The normalized spacial score (nSPS) is 12.2. The minimum absolute atomic E-state index is 0. The minimum Gasteiger partial charge on any atom is -0.382 e. The van der Waals surface area contributed by atoms with Crippen molar-refractivity contribution in [3.63, 3.8) is 0 Å². The van der Waals surface area contributed by atoms with Gasteiger partial charge in [-0.1, -0.05) is 32.9 Å². The molecule has 0 radical (unpaired) electrons. The lowest BCUT2D eigenvalue weighted by Crippen LogP contribution is -2.25. The number of anilines is 1. The summed E-state index contributed by atoms with van der Waals surface area (Å²) in [4.78, 5) is 6.86. The molecule has 0 aliphatic rings. The van der Waals surface area contributed by atoms with Crippen LogP contribution in [0.2, 0.25) is 5.02 Å². The average Bonchev–Trinajstić information content (AvgIpc) is 2.51. The second-order valence-electron chi connectivity index (χ2n) is 5.73. The van der Waals surface area contributed by atoms with Gasteiger partial charge in [0, 0.05) is 28.3 Å². The molecule has 0 fully saturated rings. The Morgan fingerprint density at radius 3 is 2.65 bits per heavy atom. The Morgan fingerprint density at radius 1 is 1.22 bits per heavy atom. The number of hydrogen-bond donors (Lipinski definition) is 1. The van der Waals surface area contributed by atoms with E-state index in [0.29, 0.717) is 6.04 Å². The maximum atomic E-state index is 6.04. The Bertz CT molecular complexity index is 596. The van der Waals surface area contributed by atoms with E-state index in [1.165, 1.54) is 13.0 Å². The first-order valence-corrected chi connectivity index (χ1v) is 8.55. The van der Waals surface area contributed by atoms with Crippen LogP contribution in [0.5, 0.6) is 0 Å². The standard InChI is InChI=1S/C18H26ClN3.CH4/c1-4-22(5-2)12-6-7-14(3)21-17-10-11-20-18-13-15(19)8-9-16(17)18;/h8-11,13-14H,4-7,12H2,1-3H3,(H,20,21);1H4. The molecule has 1 atom stereocenters. The summed E-state index contributed by atoms with van der Waals surface area (Å²) >= 11 is 6.04. The summed E-state index contributed by atoms with van der Waals surface area (Å²) in [5.74, 6) is 0. The first kappa shape index (κ1) is 19.7. The second kappa shape index (κ2) is 9.74. The molecule has 3 nitrogen and oxygen atoms in total. The van der Waals surface area contributed by atoms with Crippen LogP contribution in [0.3, 0.4) is 0 Å². The van der Waals surface area contributed by atoms with Crippen LogP contribution in [0.1, 0.15) is 41.0 Å². The lowest BCUT2D eigenvalue weighted by atomic mass is 10.1. The molecule has 128 valence electrons. The summed E-state index contributed by atoms with van der Waals surface area (Å²) in [7, 11) is 0. The van der Waals surface area contributed by atoms with Crippen LogP contribution in [-0.2, 0) is 0 Å².